The fraction of sp³-hybridized carbons (Fsp3) is 0.526. The molecule has 0 radical (unpaired) electrons. The number of hydrogen-bond donors (Lipinski definition) is 0. The molecule has 1 aromatic carbocycles. The Morgan fingerprint density at radius 1 is 1.10 bits per heavy atom. The zero-order valence-electron chi connectivity index (χ0n) is 12.8. The second kappa shape index (κ2) is 5.01. The van der Waals surface area contributed by atoms with Gasteiger partial charge >= 0.3 is 0 Å². The van der Waals surface area contributed by atoms with Crippen LogP contribution in [0.4, 0.5) is 0 Å². The lowest BCUT2D eigenvalue weighted by Gasteiger charge is -2.38. The van der Waals surface area contributed by atoms with E-state index in [1.165, 1.54) is 37.7 Å². The summed E-state index contributed by atoms with van der Waals surface area (Å²) in [5, 5.41) is 0. The van der Waals surface area contributed by atoms with Crippen molar-refractivity contribution in [2.24, 2.45) is 0 Å². The van der Waals surface area contributed by atoms with Gasteiger partial charge in [-0.1, -0.05) is 28.8 Å². The van der Waals surface area contributed by atoms with E-state index >= 15 is 0 Å². The van der Waals surface area contributed by atoms with E-state index in [0.717, 1.165) is 18.4 Å². The first-order chi connectivity index (χ1) is 10.2. The number of amides is 1. The van der Waals surface area contributed by atoms with E-state index in [1.807, 2.05) is 18.2 Å². The van der Waals surface area contributed by atoms with Gasteiger partial charge in [0.2, 0.25) is 0 Å². The lowest BCUT2D eigenvalue weighted by Crippen LogP contribution is -2.45. The zero-order chi connectivity index (χ0) is 14.4. The molecular formula is C19H23NO. The summed E-state index contributed by atoms with van der Waals surface area (Å²) in [5.74, 6) is 0.254. The van der Waals surface area contributed by atoms with Crippen molar-refractivity contribution in [1.82, 2.24) is 4.90 Å². The van der Waals surface area contributed by atoms with E-state index in [9.17, 15) is 4.79 Å². The first-order valence-corrected chi connectivity index (χ1v) is 8.31. The van der Waals surface area contributed by atoms with Crippen LogP contribution in [0.2, 0.25) is 0 Å². The molecule has 2 unspecified atom stereocenters. The van der Waals surface area contributed by atoms with Crippen molar-refractivity contribution in [3.8, 4) is 0 Å². The number of rotatable bonds is 1. The van der Waals surface area contributed by atoms with Gasteiger partial charge in [0.05, 0.1) is 0 Å². The van der Waals surface area contributed by atoms with Crippen LogP contribution < -0.4 is 0 Å². The molecule has 2 bridgehead atoms. The molecule has 2 saturated heterocycles. The molecule has 1 aliphatic carbocycles. The molecule has 2 atom stereocenters. The molecule has 3 aliphatic rings. The summed E-state index contributed by atoms with van der Waals surface area (Å²) in [5.41, 5.74) is 5.45. The Hall–Kier alpha value is -1.57. The number of nitrogens with zero attached hydrogens (tertiary/aromatic N) is 1. The van der Waals surface area contributed by atoms with Crippen molar-refractivity contribution in [2.45, 2.75) is 64.0 Å². The van der Waals surface area contributed by atoms with Crippen LogP contribution in [0.5, 0.6) is 0 Å². The van der Waals surface area contributed by atoms with Crippen LogP contribution in [0.1, 0.15) is 60.9 Å². The summed E-state index contributed by atoms with van der Waals surface area (Å²) in [6.07, 6.45) is 8.69. The van der Waals surface area contributed by atoms with Crippen molar-refractivity contribution in [3.05, 3.63) is 46.5 Å². The number of carbonyl (C=O) groups excluding carboxylic acids is 1. The number of carbonyl (C=O) groups is 1. The van der Waals surface area contributed by atoms with E-state index in [2.05, 4.69) is 17.9 Å². The molecule has 2 nitrogen and oxygen atoms in total. The van der Waals surface area contributed by atoms with Gasteiger partial charge in [-0.3, -0.25) is 4.79 Å². The Morgan fingerprint density at radius 2 is 1.81 bits per heavy atom. The van der Waals surface area contributed by atoms with Crippen LogP contribution in [0.3, 0.4) is 0 Å². The smallest absolute Gasteiger partial charge is 0.254 e. The first kappa shape index (κ1) is 13.1. The van der Waals surface area contributed by atoms with Crippen LogP contribution in [0, 0.1) is 6.92 Å². The van der Waals surface area contributed by atoms with Gasteiger partial charge in [0.15, 0.2) is 0 Å². The molecule has 110 valence electrons. The van der Waals surface area contributed by atoms with Crippen LogP contribution >= 0.6 is 0 Å². The van der Waals surface area contributed by atoms with Crippen LogP contribution in [-0.4, -0.2) is 22.9 Å². The van der Waals surface area contributed by atoms with Crippen molar-refractivity contribution < 1.29 is 4.79 Å². The minimum Gasteiger partial charge on any atom is -0.332 e. The van der Waals surface area contributed by atoms with Crippen molar-refractivity contribution >= 4 is 5.91 Å². The molecule has 2 heteroatoms. The number of piperidine rings is 1. The normalized spacial score (nSPS) is 27.8. The standard InChI is InChI=1S/C19H23NO/c1-13-4-2-7-15(10-13)19(21)20-17-8-9-18(20)12-16(11-17)14-5-3-6-14/h2,4,7,10,17-18H,3,5-6,8-9,11-12H2,1H3. The lowest BCUT2D eigenvalue weighted by molar-refractivity contribution is 0.0632. The predicted octanol–water partition coefficient (Wildman–Crippen LogP) is 4.24. The van der Waals surface area contributed by atoms with Gasteiger partial charge in [-0.25, -0.2) is 0 Å². The molecule has 0 aromatic heterocycles. The maximum Gasteiger partial charge on any atom is 0.254 e. The largest absolute Gasteiger partial charge is 0.332 e. The molecule has 0 spiro atoms. The van der Waals surface area contributed by atoms with Gasteiger partial charge in [0, 0.05) is 17.6 Å². The van der Waals surface area contributed by atoms with Crippen molar-refractivity contribution in [3.63, 3.8) is 0 Å². The molecule has 3 fully saturated rings. The highest BCUT2D eigenvalue weighted by atomic mass is 16.2. The van der Waals surface area contributed by atoms with Gasteiger partial charge < -0.3 is 4.90 Å². The second-order valence-electron chi connectivity index (χ2n) is 6.94. The third kappa shape index (κ3) is 2.21. The third-order valence-electron chi connectivity index (χ3n) is 5.54. The van der Waals surface area contributed by atoms with Crippen molar-refractivity contribution in [2.75, 3.05) is 0 Å². The van der Waals surface area contributed by atoms with Gasteiger partial charge in [-0.15, -0.1) is 0 Å². The first-order valence-electron chi connectivity index (χ1n) is 8.31. The summed E-state index contributed by atoms with van der Waals surface area (Å²) in [6.45, 7) is 2.06. The average Bonchev–Trinajstić information content (AvgIpc) is 2.67. The van der Waals surface area contributed by atoms with E-state index in [-0.39, 0.29) is 5.91 Å². The SMILES string of the molecule is Cc1cccc(C(=O)N2C3CCC2CC(=C2CCC2)C3)c1. The monoisotopic (exact) mass is 281 g/mol. The fourth-order valence-corrected chi connectivity index (χ4v) is 4.27. The number of hydrogen-bond acceptors (Lipinski definition) is 1. The third-order valence-corrected chi connectivity index (χ3v) is 5.54. The molecule has 0 N–H and O–H groups in total. The number of benzene rings is 1. The predicted molar refractivity (Wildman–Crippen MR) is 84.3 cm³/mol. The second-order valence-corrected chi connectivity index (χ2v) is 6.94. The topological polar surface area (TPSA) is 20.3 Å². The Labute approximate surface area is 126 Å². The minimum absolute atomic E-state index is 0.254. The maximum absolute atomic E-state index is 12.9. The van der Waals surface area contributed by atoms with Gasteiger partial charge in [-0.2, -0.15) is 0 Å². The average molecular weight is 281 g/mol. The highest BCUT2D eigenvalue weighted by Gasteiger charge is 2.42. The van der Waals surface area contributed by atoms with Crippen LogP contribution in [-0.2, 0) is 0 Å². The van der Waals surface area contributed by atoms with Crippen LogP contribution in [0.25, 0.3) is 0 Å². The zero-order valence-corrected chi connectivity index (χ0v) is 12.8. The molecular weight excluding hydrogens is 258 g/mol. The van der Waals surface area contributed by atoms with Gasteiger partial charge in [0.25, 0.3) is 5.91 Å². The lowest BCUT2D eigenvalue weighted by atomic mass is 9.82. The van der Waals surface area contributed by atoms with E-state index in [4.69, 9.17) is 0 Å². The fourth-order valence-electron chi connectivity index (χ4n) is 4.27. The van der Waals surface area contributed by atoms with Crippen molar-refractivity contribution in [1.29, 1.82) is 0 Å². The van der Waals surface area contributed by atoms with E-state index < -0.39 is 0 Å². The quantitative estimate of drug-likeness (QED) is 0.705. The minimum atomic E-state index is 0.254. The maximum atomic E-state index is 12.9. The Balaban J connectivity index is 1.58. The molecule has 1 aromatic rings. The molecule has 1 saturated carbocycles. The Bertz CT molecular complexity index is 594. The summed E-state index contributed by atoms with van der Waals surface area (Å²) in [7, 11) is 0. The van der Waals surface area contributed by atoms with Gasteiger partial charge in [-0.05, 0) is 64.0 Å². The molecule has 2 aliphatic heterocycles. The summed E-state index contributed by atoms with van der Waals surface area (Å²) in [6, 6.07) is 8.97. The van der Waals surface area contributed by atoms with E-state index in [1.54, 1.807) is 11.1 Å². The van der Waals surface area contributed by atoms with Crippen LogP contribution in [0.15, 0.2) is 35.4 Å². The summed E-state index contributed by atoms with van der Waals surface area (Å²) in [4.78, 5) is 15.1. The molecule has 4 rings (SSSR count). The Morgan fingerprint density at radius 3 is 2.38 bits per heavy atom. The molecule has 1 amide bonds. The number of aryl methyl sites for hydroxylation is 1. The molecule has 21 heavy (non-hydrogen) atoms. The summed E-state index contributed by atoms with van der Waals surface area (Å²) < 4.78 is 0. The summed E-state index contributed by atoms with van der Waals surface area (Å²) >= 11 is 0. The number of fused-ring (bicyclic) bond motifs is 2. The Kier molecular flexibility index (Phi) is 3.13. The van der Waals surface area contributed by atoms with E-state index in [0.29, 0.717) is 12.1 Å². The highest BCUT2D eigenvalue weighted by molar-refractivity contribution is 5.95. The highest BCUT2D eigenvalue weighted by Crippen LogP contribution is 2.43. The number of allylic oxidation sites excluding steroid dienone is 1. The molecule has 2 heterocycles. The van der Waals surface area contributed by atoms with Gasteiger partial charge in [0.1, 0.15) is 0 Å².